The van der Waals surface area contributed by atoms with Crippen molar-refractivity contribution in [1.82, 2.24) is 20.3 Å². The van der Waals surface area contributed by atoms with Crippen LogP contribution in [0.3, 0.4) is 0 Å². The number of nitrogens with zero attached hydrogens (tertiary/aromatic N) is 4. The lowest BCUT2D eigenvalue weighted by atomic mass is 10.2. The monoisotopic (exact) mass is 389 g/mol. The second kappa shape index (κ2) is 7.99. The lowest BCUT2D eigenvalue weighted by Crippen LogP contribution is -2.37. The van der Waals surface area contributed by atoms with E-state index >= 15 is 0 Å². The van der Waals surface area contributed by atoms with Crippen molar-refractivity contribution in [3.63, 3.8) is 0 Å². The molecule has 2 aromatic rings. The Bertz CT molecular complexity index is 918. The number of amides is 1. The van der Waals surface area contributed by atoms with E-state index in [0.717, 1.165) is 5.56 Å². The topological polar surface area (TPSA) is 105 Å². The van der Waals surface area contributed by atoms with Gasteiger partial charge in [0.25, 0.3) is 5.91 Å². The molecule has 27 heavy (non-hydrogen) atoms. The van der Waals surface area contributed by atoms with Gasteiger partial charge in [-0.3, -0.25) is 9.78 Å². The highest BCUT2D eigenvalue weighted by atomic mass is 32.2. The van der Waals surface area contributed by atoms with E-state index in [-0.39, 0.29) is 29.1 Å². The lowest BCUT2D eigenvalue weighted by Gasteiger charge is -2.28. The Morgan fingerprint density at radius 1 is 1.37 bits per heavy atom. The van der Waals surface area contributed by atoms with Crippen molar-refractivity contribution in [3.05, 3.63) is 47.7 Å². The Morgan fingerprint density at radius 3 is 2.81 bits per heavy atom. The smallest absolute Gasteiger partial charge is 0.270 e. The van der Waals surface area contributed by atoms with Crippen LogP contribution in [0.2, 0.25) is 0 Å². The number of rotatable bonds is 6. The normalized spacial score (nSPS) is 18.2. The van der Waals surface area contributed by atoms with Gasteiger partial charge in [0.2, 0.25) is 0 Å². The van der Waals surface area contributed by atoms with Gasteiger partial charge in [-0.1, -0.05) is 6.07 Å². The Kier molecular flexibility index (Phi) is 5.69. The highest BCUT2D eigenvalue weighted by Gasteiger charge is 2.32. The number of hydrogen-bond donors (Lipinski definition) is 1. The number of pyridine rings is 1. The van der Waals surface area contributed by atoms with Crippen LogP contribution in [0.5, 0.6) is 0 Å². The molecule has 1 saturated heterocycles. The number of anilines is 1. The van der Waals surface area contributed by atoms with Gasteiger partial charge < -0.3 is 10.2 Å². The van der Waals surface area contributed by atoms with Crippen molar-refractivity contribution in [1.29, 1.82) is 0 Å². The van der Waals surface area contributed by atoms with Crippen LogP contribution in [0, 0.1) is 6.92 Å². The molecule has 0 saturated carbocycles. The number of carbonyl (C=O) groups is 1. The van der Waals surface area contributed by atoms with Gasteiger partial charge in [0, 0.05) is 37.6 Å². The average Bonchev–Trinajstić information content (AvgIpc) is 3.00. The fourth-order valence-electron chi connectivity index (χ4n) is 3.22. The summed E-state index contributed by atoms with van der Waals surface area (Å²) in [4.78, 5) is 27.1. The van der Waals surface area contributed by atoms with Gasteiger partial charge in [-0.2, -0.15) is 0 Å². The molecule has 9 heteroatoms. The Balaban J connectivity index is 1.77. The van der Waals surface area contributed by atoms with Crippen molar-refractivity contribution in [2.45, 2.75) is 32.9 Å². The molecule has 3 rings (SSSR count). The zero-order chi connectivity index (χ0) is 19.4. The van der Waals surface area contributed by atoms with E-state index in [4.69, 9.17) is 0 Å². The highest BCUT2D eigenvalue weighted by Crippen LogP contribution is 2.23. The third-order valence-electron chi connectivity index (χ3n) is 4.52. The number of aromatic nitrogens is 3. The first-order chi connectivity index (χ1) is 12.9. The van der Waals surface area contributed by atoms with Crippen molar-refractivity contribution in [2.24, 2.45) is 0 Å². The maximum atomic E-state index is 12.5. The molecule has 1 unspecified atom stereocenters. The van der Waals surface area contributed by atoms with E-state index in [1.807, 2.05) is 24.0 Å². The summed E-state index contributed by atoms with van der Waals surface area (Å²) in [6.45, 7) is 4.63. The fourth-order valence-corrected chi connectivity index (χ4v) is 4.95. The molecule has 0 aliphatic carbocycles. The van der Waals surface area contributed by atoms with Crippen molar-refractivity contribution in [3.8, 4) is 0 Å². The minimum Gasteiger partial charge on any atom is -0.353 e. The van der Waals surface area contributed by atoms with E-state index in [0.29, 0.717) is 31.2 Å². The van der Waals surface area contributed by atoms with E-state index in [9.17, 15) is 13.2 Å². The molecule has 1 N–H and O–H groups in total. The van der Waals surface area contributed by atoms with Crippen molar-refractivity contribution < 1.29 is 13.2 Å². The number of nitrogens with one attached hydrogen (secondary N) is 1. The van der Waals surface area contributed by atoms with Gasteiger partial charge in [-0.15, -0.1) is 0 Å². The minimum absolute atomic E-state index is 0.117. The van der Waals surface area contributed by atoms with E-state index < -0.39 is 9.84 Å². The summed E-state index contributed by atoms with van der Waals surface area (Å²) in [5, 5.41) is 2.83. The summed E-state index contributed by atoms with van der Waals surface area (Å²) in [7, 11) is -3.00. The first-order valence-corrected chi connectivity index (χ1v) is 10.7. The third-order valence-corrected chi connectivity index (χ3v) is 6.27. The molecule has 1 amide bonds. The molecular weight excluding hydrogens is 366 g/mol. The second-order valence-corrected chi connectivity index (χ2v) is 8.77. The number of carbonyl (C=O) groups excluding carboxylic acids is 1. The molecule has 1 fully saturated rings. The van der Waals surface area contributed by atoms with E-state index in [1.165, 1.54) is 0 Å². The molecule has 0 bridgehead atoms. The van der Waals surface area contributed by atoms with Crippen LogP contribution in [-0.2, 0) is 16.4 Å². The number of sulfone groups is 1. The van der Waals surface area contributed by atoms with Crippen LogP contribution in [-0.4, -0.2) is 53.4 Å². The van der Waals surface area contributed by atoms with Gasteiger partial charge in [-0.25, -0.2) is 18.4 Å². The zero-order valence-electron chi connectivity index (χ0n) is 15.4. The predicted molar refractivity (Wildman–Crippen MR) is 102 cm³/mol. The fraction of sp³-hybridized carbons (Fsp3) is 0.444. The molecule has 1 aliphatic heterocycles. The molecule has 144 valence electrons. The van der Waals surface area contributed by atoms with Crippen LogP contribution >= 0.6 is 0 Å². The molecule has 3 heterocycles. The summed E-state index contributed by atoms with van der Waals surface area (Å²) in [6, 6.07) is 5.19. The standard InChI is InChI=1S/C18H23N5O3S/c1-3-23(15-6-8-27(25,26)12-15)17-9-16(21-13(2)22-17)18(24)20-11-14-5-4-7-19-10-14/h4-5,7,9-10,15H,3,6,8,11-12H2,1-2H3,(H,20,24). The molecule has 0 spiro atoms. The summed E-state index contributed by atoms with van der Waals surface area (Å²) in [5.74, 6) is 1.06. The minimum atomic E-state index is -3.00. The Morgan fingerprint density at radius 2 is 2.19 bits per heavy atom. The van der Waals surface area contributed by atoms with Crippen LogP contribution in [0.25, 0.3) is 0 Å². The third kappa shape index (κ3) is 4.79. The van der Waals surface area contributed by atoms with E-state index in [1.54, 1.807) is 25.4 Å². The van der Waals surface area contributed by atoms with Crippen molar-refractivity contribution in [2.75, 3.05) is 23.0 Å². The average molecular weight is 389 g/mol. The van der Waals surface area contributed by atoms with Gasteiger partial charge >= 0.3 is 0 Å². The van der Waals surface area contributed by atoms with Gasteiger partial charge in [0.05, 0.1) is 11.5 Å². The van der Waals surface area contributed by atoms with E-state index in [2.05, 4.69) is 20.3 Å². The zero-order valence-corrected chi connectivity index (χ0v) is 16.2. The Labute approximate surface area is 159 Å². The Hall–Kier alpha value is -2.55. The van der Waals surface area contributed by atoms with Crippen LogP contribution in [0.4, 0.5) is 5.82 Å². The van der Waals surface area contributed by atoms with Gasteiger partial charge in [0.1, 0.15) is 17.3 Å². The van der Waals surface area contributed by atoms with Crippen LogP contribution in [0.1, 0.15) is 35.2 Å². The largest absolute Gasteiger partial charge is 0.353 e. The summed E-state index contributed by atoms with van der Waals surface area (Å²) >= 11 is 0. The first kappa shape index (κ1) is 19.2. The van der Waals surface area contributed by atoms with Crippen molar-refractivity contribution >= 4 is 21.6 Å². The quantitative estimate of drug-likeness (QED) is 0.789. The molecule has 0 aromatic carbocycles. The lowest BCUT2D eigenvalue weighted by molar-refractivity contribution is 0.0945. The summed E-state index contributed by atoms with van der Waals surface area (Å²) in [6.07, 6.45) is 3.94. The number of hydrogen-bond acceptors (Lipinski definition) is 7. The summed E-state index contributed by atoms with van der Waals surface area (Å²) in [5.41, 5.74) is 1.16. The summed E-state index contributed by atoms with van der Waals surface area (Å²) < 4.78 is 23.7. The maximum absolute atomic E-state index is 12.5. The second-order valence-electron chi connectivity index (χ2n) is 6.55. The highest BCUT2D eigenvalue weighted by molar-refractivity contribution is 7.91. The molecule has 1 atom stereocenters. The SMILES string of the molecule is CCN(c1cc(C(=O)NCc2cccnc2)nc(C)n1)C1CCS(=O)(=O)C1. The molecule has 2 aromatic heterocycles. The van der Waals surface area contributed by atoms with Crippen LogP contribution < -0.4 is 10.2 Å². The molecule has 8 nitrogen and oxygen atoms in total. The maximum Gasteiger partial charge on any atom is 0.270 e. The molecule has 1 aliphatic rings. The van der Waals surface area contributed by atoms with Gasteiger partial charge in [0.15, 0.2) is 9.84 Å². The molecule has 0 radical (unpaired) electrons. The predicted octanol–water partition coefficient (Wildman–Crippen LogP) is 1.12. The van der Waals surface area contributed by atoms with Gasteiger partial charge in [-0.05, 0) is 31.9 Å². The number of aryl methyl sites for hydroxylation is 1. The molecular formula is C18H23N5O3S. The van der Waals surface area contributed by atoms with Crippen LogP contribution in [0.15, 0.2) is 30.6 Å². The first-order valence-electron chi connectivity index (χ1n) is 8.88.